The van der Waals surface area contributed by atoms with Gasteiger partial charge in [-0.15, -0.1) is 0 Å². The van der Waals surface area contributed by atoms with Gasteiger partial charge in [0, 0.05) is 13.1 Å². The number of carboxylic acids is 1. The number of hydrogen-bond acceptors (Lipinski definition) is 10. The van der Waals surface area contributed by atoms with Crippen molar-refractivity contribution in [2.24, 2.45) is 5.92 Å². The summed E-state index contributed by atoms with van der Waals surface area (Å²) in [6, 6.07) is 8.29. The average Bonchev–Trinajstić information content (AvgIpc) is 3.16. The van der Waals surface area contributed by atoms with Crippen LogP contribution in [0.1, 0.15) is 47.4 Å². The average molecular weight is 574 g/mol. The van der Waals surface area contributed by atoms with Gasteiger partial charge in [0.05, 0.1) is 17.2 Å². The van der Waals surface area contributed by atoms with Gasteiger partial charge < -0.3 is 35.6 Å². The van der Waals surface area contributed by atoms with Crippen LogP contribution in [0.5, 0.6) is 0 Å². The van der Waals surface area contributed by atoms with Crippen molar-refractivity contribution in [1.29, 1.82) is 0 Å². The Morgan fingerprint density at radius 3 is 2.05 bits per heavy atom. The lowest BCUT2D eigenvalue weighted by Gasteiger charge is -2.38. The van der Waals surface area contributed by atoms with Crippen molar-refractivity contribution in [1.82, 2.24) is 15.5 Å². The predicted molar refractivity (Wildman–Crippen MR) is 144 cm³/mol. The number of carbonyl (C=O) groups excluding carboxylic acids is 3. The van der Waals surface area contributed by atoms with Crippen LogP contribution >= 0.6 is 0 Å². The van der Waals surface area contributed by atoms with Gasteiger partial charge in [-0.3, -0.25) is 29.4 Å². The molecule has 7 N–H and O–H groups in total. The number of fused-ring (bicyclic) bond motifs is 2. The minimum absolute atomic E-state index is 0.0339. The molecule has 7 atom stereocenters. The molecule has 13 nitrogen and oxygen atoms in total. The lowest BCUT2D eigenvalue weighted by Crippen LogP contribution is -2.61. The summed E-state index contributed by atoms with van der Waals surface area (Å²) in [6.45, 7) is 3.15. The van der Waals surface area contributed by atoms with Crippen LogP contribution < -0.4 is 10.6 Å². The monoisotopic (exact) mass is 573 g/mol. The molecule has 0 spiro atoms. The van der Waals surface area contributed by atoms with Gasteiger partial charge in [-0.25, -0.2) is 0 Å². The lowest BCUT2D eigenvalue weighted by molar-refractivity contribution is -0.280. The van der Waals surface area contributed by atoms with Crippen LogP contribution in [0.2, 0.25) is 0 Å². The molecule has 2 aromatic rings. The maximum absolute atomic E-state index is 13.0. The molecule has 1 saturated heterocycles. The van der Waals surface area contributed by atoms with E-state index in [4.69, 9.17) is 4.74 Å². The van der Waals surface area contributed by atoms with Gasteiger partial charge in [-0.1, -0.05) is 38.1 Å². The third-order valence-corrected chi connectivity index (χ3v) is 7.37. The summed E-state index contributed by atoms with van der Waals surface area (Å²) in [5, 5.41) is 56.2. The maximum atomic E-state index is 13.0. The third kappa shape index (κ3) is 6.56. The van der Waals surface area contributed by atoms with Crippen molar-refractivity contribution in [3.63, 3.8) is 0 Å². The van der Waals surface area contributed by atoms with Crippen LogP contribution in [-0.4, -0.2) is 110 Å². The molecule has 2 aliphatic rings. The molecule has 2 heterocycles. The van der Waals surface area contributed by atoms with Crippen LogP contribution in [0.3, 0.4) is 0 Å². The highest BCUT2D eigenvalue weighted by atomic mass is 16.6. The largest absolute Gasteiger partial charge is 0.480 e. The second kappa shape index (κ2) is 12.6. The summed E-state index contributed by atoms with van der Waals surface area (Å²) < 4.78 is 5.08. The second-order valence-electron chi connectivity index (χ2n) is 10.8. The van der Waals surface area contributed by atoms with Crippen molar-refractivity contribution in [2.75, 3.05) is 13.1 Å². The molecule has 2 aromatic carbocycles. The molecule has 13 heteroatoms. The fourth-order valence-corrected chi connectivity index (χ4v) is 5.11. The number of aliphatic hydroxyl groups excluding tert-OH is 4. The highest BCUT2D eigenvalue weighted by Crippen LogP contribution is 2.28. The SMILES string of the molecule is CC(C)C[C@H](N[C@H](CCN1C(=O)c2cc3ccccc3cc2C1=O)C(=O)O)C(=O)NC[C@H]1OC(O)[C@H](O)[C@@H](O)[C@H]1O. The molecule has 41 heavy (non-hydrogen) atoms. The lowest BCUT2D eigenvalue weighted by atomic mass is 9.98. The summed E-state index contributed by atoms with van der Waals surface area (Å²) in [5.74, 6) is -2.97. The normalized spacial score (nSPS) is 25.8. The van der Waals surface area contributed by atoms with Gasteiger partial charge >= 0.3 is 5.97 Å². The number of aliphatic hydroxyl groups is 4. The van der Waals surface area contributed by atoms with E-state index in [0.29, 0.717) is 0 Å². The van der Waals surface area contributed by atoms with Crippen molar-refractivity contribution in [3.05, 3.63) is 47.5 Å². The molecule has 0 radical (unpaired) electrons. The van der Waals surface area contributed by atoms with Crippen LogP contribution in [-0.2, 0) is 14.3 Å². The van der Waals surface area contributed by atoms with Crippen LogP contribution in [0.4, 0.5) is 0 Å². The van der Waals surface area contributed by atoms with E-state index in [-0.39, 0.29) is 43.0 Å². The number of ether oxygens (including phenoxy) is 1. The minimum atomic E-state index is -1.77. The number of carbonyl (C=O) groups is 4. The molecule has 3 amide bonds. The molecule has 222 valence electrons. The van der Waals surface area contributed by atoms with Gasteiger partial charge in [-0.2, -0.15) is 0 Å². The molecule has 0 bridgehead atoms. The smallest absolute Gasteiger partial charge is 0.320 e. The highest BCUT2D eigenvalue weighted by Gasteiger charge is 2.43. The Morgan fingerprint density at radius 2 is 1.51 bits per heavy atom. The molecule has 4 rings (SSSR count). The number of carboxylic acid groups (broad SMARTS) is 1. The van der Waals surface area contributed by atoms with E-state index in [9.17, 15) is 44.7 Å². The van der Waals surface area contributed by atoms with Crippen LogP contribution in [0.15, 0.2) is 36.4 Å². The maximum Gasteiger partial charge on any atom is 0.320 e. The Labute approximate surface area is 235 Å². The van der Waals surface area contributed by atoms with E-state index in [1.165, 1.54) is 0 Å². The van der Waals surface area contributed by atoms with Crippen molar-refractivity contribution >= 4 is 34.5 Å². The zero-order chi connectivity index (χ0) is 30.0. The van der Waals surface area contributed by atoms with Gasteiger partial charge in [-0.05, 0) is 41.7 Å². The van der Waals surface area contributed by atoms with Gasteiger partial charge in [0.15, 0.2) is 6.29 Å². The number of imide groups is 1. The fourth-order valence-electron chi connectivity index (χ4n) is 5.11. The van der Waals surface area contributed by atoms with E-state index in [2.05, 4.69) is 10.6 Å². The molecular weight excluding hydrogens is 538 g/mol. The molecule has 1 unspecified atom stereocenters. The molecule has 0 aromatic heterocycles. The first-order chi connectivity index (χ1) is 19.4. The fraction of sp³-hybridized carbons (Fsp3) is 0.500. The number of nitrogens with one attached hydrogen (secondary N) is 2. The number of aliphatic carboxylic acids is 1. The summed E-state index contributed by atoms with van der Waals surface area (Å²) in [7, 11) is 0. The van der Waals surface area contributed by atoms with Crippen LogP contribution in [0.25, 0.3) is 10.8 Å². The standard InChI is InChI=1S/C28H35N3O10/c1-13(2)9-19(24(35)29-12-20-21(32)22(33)23(34)28(40)41-20)30-18(27(38)39)7-8-31-25(36)16-10-14-5-3-4-6-15(14)11-17(16)26(31)37/h3-6,10-11,13,18-23,28,30,32-34,40H,7-9,12H2,1-2H3,(H,29,35)(H,38,39)/t18-,19+,20-,21+,22+,23-,28?/m1/s1. The topological polar surface area (TPSA) is 206 Å². The molecule has 0 saturated carbocycles. The van der Waals surface area contributed by atoms with E-state index in [1.54, 1.807) is 12.1 Å². The zero-order valence-corrected chi connectivity index (χ0v) is 22.6. The van der Waals surface area contributed by atoms with Gasteiger partial charge in [0.1, 0.15) is 30.5 Å². The number of amides is 3. The minimum Gasteiger partial charge on any atom is -0.480 e. The Kier molecular flexibility index (Phi) is 9.37. The van der Waals surface area contributed by atoms with E-state index >= 15 is 0 Å². The zero-order valence-electron chi connectivity index (χ0n) is 22.6. The van der Waals surface area contributed by atoms with Crippen LogP contribution in [0, 0.1) is 5.92 Å². The predicted octanol–water partition coefficient (Wildman–Crippen LogP) is -0.800. The summed E-state index contributed by atoms with van der Waals surface area (Å²) in [6.07, 6.45) is -7.93. The first-order valence-electron chi connectivity index (χ1n) is 13.4. The summed E-state index contributed by atoms with van der Waals surface area (Å²) in [5.41, 5.74) is 0.501. The van der Waals surface area contributed by atoms with E-state index < -0.39 is 66.5 Å². The first-order valence-corrected chi connectivity index (χ1v) is 13.4. The summed E-state index contributed by atoms with van der Waals surface area (Å²) >= 11 is 0. The van der Waals surface area contributed by atoms with Crippen molar-refractivity contribution in [2.45, 2.75) is 69.5 Å². The molecule has 1 fully saturated rings. The van der Waals surface area contributed by atoms with E-state index in [1.807, 2.05) is 38.1 Å². The molecule has 2 aliphatic heterocycles. The van der Waals surface area contributed by atoms with E-state index in [0.717, 1.165) is 15.7 Å². The Morgan fingerprint density at radius 1 is 0.927 bits per heavy atom. The number of rotatable bonds is 11. The highest BCUT2D eigenvalue weighted by molar-refractivity contribution is 6.23. The molecular formula is C28H35N3O10. The Balaban J connectivity index is 1.41. The first kappa shape index (κ1) is 30.5. The third-order valence-electron chi connectivity index (χ3n) is 7.37. The number of hydrogen-bond donors (Lipinski definition) is 7. The number of nitrogens with zero attached hydrogens (tertiary/aromatic N) is 1. The summed E-state index contributed by atoms with van der Waals surface area (Å²) in [4.78, 5) is 52.2. The van der Waals surface area contributed by atoms with Crippen molar-refractivity contribution in [3.8, 4) is 0 Å². The van der Waals surface area contributed by atoms with Crippen molar-refractivity contribution < 1.29 is 49.4 Å². The Bertz CT molecular complexity index is 1260. The Hall–Kier alpha value is -3.46. The van der Waals surface area contributed by atoms with Gasteiger partial charge in [0.25, 0.3) is 11.8 Å². The number of benzene rings is 2. The second-order valence-corrected chi connectivity index (χ2v) is 10.8. The molecule has 0 aliphatic carbocycles. The quantitative estimate of drug-likeness (QED) is 0.166. The van der Waals surface area contributed by atoms with Gasteiger partial charge in [0.2, 0.25) is 5.91 Å².